The highest BCUT2D eigenvalue weighted by Crippen LogP contribution is 2.50. The zero-order chi connectivity index (χ0) is 23.1. The van der Waals surface area contributed by atoms with E-state index < -0.39 is 41.1 Å². The molecule has 3 heterocycles. The van der Waals surface area contributed by atoms with Crippen LogP contribution in [0.15, 0.2) is 29.2 Å². The molecule has 9 nitrogen and oxygen atoms in total. The van der Waals surface area contributed by atoms with Crippen molar-refractivity contribution < 1.29 is 36.1 Å². The van der Waals surface area contributed by atoms with Gasteiger partial charge in [-0.2, -0.15) is 13.2 Å². The molecule has 1 aliphatic carbocycles. The van der Waals surface area contributed by atoms with E-state index in [1.54, 1.807) is 12.3 Å². The zero-order valence-electron chi connectivity index (χ0n) is 16.1. The molecular weight excluding hydrogens is 443 g/mol. The number of nitrogens with zero attached hydrogens (tertiary/aromatic N) is 4. The fraction of sp³-hybridized carbons (Fsp3) is 0.389. The van der Waals surface area contributed by atoms with Crippen LogP contribution in [0.25, 0.3) is 5.78 Å². The van der Waals surface area contributed by atoms with Gasteiger partial charge < -0.3 is 15.2 Å². The monoisotopic (exact) mass is 458 g/mol. The molecule has 2 amide bonds. The van der Waals surface area contributed by atoms with Crippen molar-refractivity contribution in [3.05, 3.63) is 47.4 Å². The lowest BCUT2D eigenvalue weighted by Crippen LogP contribution is -2.25. The summed E-state index contributed by atoms with van der Waals surface area (Å²) >= 11 is 0. The van der Waals surface area contributed by atoms with E-state index in [4.69, 9.17) is 0 Å². The molecule has 1 saturated carbocycles. The van der Waals surface area contributed by atoms with Crippen molar-refractivity contribution in [3.63, 3.8) is 0 Å². The second kappa shape index (κ2) is 7.84. The van der Waals surface area contributed by atoms with Gasteiger partial charge in [-0.1, -0.05) is 5.16 Å². The van der Waals surface area contributed by atoms with Gasteiger partial charge in [0.05, 0.1) is 24.5 Å². The molecule has 0 bridgehead atoms. The molecule has 3 aromatic rings. The second-order valence-corrected chi connectivity index (χ2v) is 7.26. The van der Waals surface area contributed by atoms with Gasteiger partial charge in [-0.3, -0.25) is 14.0 Å². The average molecular weight is 458 g/mol. The maximum absolute atomic E-state index is 12.9. The Hall–Kier alpha value is -3.58. The van der Waals surface area contributed by atoms with Crippen molar-refractivity contribution in [2.24, 2.45) is 5.92 Å². The van der Waals surface area contributed by atoms with Gasteiger partial charge in [0, 0.05) is 31.2 Å². The summed E-state index contributed by atoms with van der Waals surface area (Å²) in [4.78, 5) is 32.2. The minimum Gasteiger partial charge on any atom is -0.363 e. The van der Waals surface area contributed by atoms with Gasteiger partial charge in [0.25, 0.3) is 11.8 Å². The van der Waals surface area contributed by atoms with E-state index in [9.17, 15) is 31.5 Å². The highest BCUT2D eigenvalue weighted by Gasteiger charge is 2.57. The number of fused-ring (bicyclic) bond motifs is 1. The number of imidazole rings is 1. The van der Waals surface area contributed by atoms with Gasteiger partial charge in [-0.15, -0.1) is 0 Å². The Morgan fingerprint density at radius 3 is 2.56 bits per heavy atom. The normalized spacial score (nSPS) is 17.3. The van der Waals surface area contributed by atoms with Gasteiger partial charge in [0.15, 0.2) is 5.69 Å². The van der Waals surface area contributed by atoms with Crippen LogP contribution in [0, 0.1) is 5.92 Å². The van der Waals surface area contributed by atoms with Crippen LogP contribution in [0.2, 0.25) is 0 Å². The predicted molar refractivity (Wildman–Crippen MR) is 95.2 cm³/mol. The minimum absolute atomic E-state index is 0.0141. The number of nitrogens with one attached hydrogen (secondary N) is 2. The molecule has 1 unspecified atom stereocenters. The lowest BCUT2D eigenvalue weighted by atomic mass is 10.2. The lowest BCUT2D eigenvalue weighted by Gasteiger charge is -2.05. The summed E-state index contributed by atoms with van der Waals surface area (Å²) in [6.07, 6.45) is -1.68. The first kappa shape index (κ1) is 21.6. The van der Waals surface area contributed by atoms with Crippen molar-refractivity contribution in [2.45, 2.75) is 38.0 Å². The van der Waals surface area contributed by atoms with Crippen LogP contribution in [0.4, 0.5) is 22.0 Å². The molecule has 4 rings (SSSR count). The lowest BCUT2D eigenvalue weighted by molar-refractivity contribution is -0.143. The Morgan fingerprint density at radius 2 is 1.88 bits per heavy atom. The summed E-state index contributed by atoms with van der Waals surface area (Å²) < 4.78 is 69.9. The van der Waals surface area contributed by atoms with Crippen LogP contribution in [0.5, 0.6) is 0 Å². The second-order valence-electron chi connectivity index (χ2n) is 7.26. The number of carbonyl (C=O) groups is 2. The Kier molecular flexibility index (Phi) is 5.30. The summed E-state index contributed by atoms with van der Waals surface area (Å²) in [5, 5.41) is 7.62. The van der Waals surface area contributed by atoms with Gasteiger partial charge in [-0.25, -0.2) is 18.7 Å². The Morgan fingerprint density at radius 1 is 1.19 bits per heavy atom. The van der Waals surface area contributed by atoms with E-state index in [-0.39, 0.29) is 31.7 Å². The molecule has 2 N–H and O–H groups in total. The summed E-state index contributed by atoms with van der Waals surface area (Å²) in [5.74, 6) is -5.01. The maximum atomic E-state index is 12.9. The summed E-state index contributed by atoms with van der Waals surface area (Å²) in [7, 11) is 0. The van der Waals surface area contributed by atoms with Crippen molar-refractivity contribution in [1.82, 2.24) is 30.2 Å². The third-order valence-electron chi connectivity index (χ3n) is 4.80. The molecule has 170 valence electrons. The third-order valence-corrected chi connectivity index (χ3v) is 4.80. The predicted octanol–water partition coefficient (Wildman–Crippen LogP) is 2.33. The Labute approximate surface area is 176 Å². The number of aromatic nitrogens is 4. The molecule has 1 fully saturated rings. The third kappa shape index (κ3) is 4.68. The molecule has 1 atom stereocenters. The van der Waals surface area contributed by atoms with Crippen LogP contribution in [0.3, 0.4) is 0 Å². The molecule has 14 heteroatoms. The van der Waals surface area contributed by atoms with Crippen LogP contribution >= 0.6 is 0 Å². The first-order valence-electron chi connectivity index (χ1n) is 9.31. The quantitative estimate of drug-likeness (QED) is 0.526. The van der Waals surface area contributed by atoms with Gasteiger partial charge in [0.1, 0.15) is 11.8 Å². The smallest absolute Gasteiger partial charge is 0.363 e. The average Bonchev–Trinajstić information content (AvgIpc) is 3.13. The van der Waals surface area contributed by atoms with Crippen LogP contribution in [-0.2, 0) is 24.1 Å². The van der Waals surface area contributed by atoms with Crippen LogP contribution in [0.1, 0.15) is 40.3 Å². The zero-order valence-corrected chi connectivity index (χ0v) is 16.1. The summed E-state index contributed by atoms with van der Waals surface area (Å²) in [6, 6.07) is 1.58. The van der Waals surface area contributed by atoms with Crippen LogP contribution < -0.4 is 10.6 Å². The van der Waals surface area contributed by atoms with E-state index in [1.807, 2.05) is 0 Å². The standard InChI is InChI=1S/C18H15F5N6O3/c19-17(20)4-9(17)3-13(30)24-5-10-1-2-29-7-11(27-16(29)26-10)6-25-15(31)12-8-32-28-14(12)18(21,22)23/h1-2,7-9H,3-6H2,(H,24,30)(H,25,31). The molecule has 0 aromatic carbocycles. The molecule has 0 aliphatic heterocycles. The minimum atomic E-state index is -4.84. The number of alkyl halides is 5. The molecule has 0 saturated heterocycles. The van der Waals surface area contributed by atoms with Gasteiger partial charge >= 0.3 is 6.18 Å². The largest absolute Gasteiger partial charge is 0.437 e. The molecule has 0 spiro atoms. The Balaban J connectivity index is 1.34. The topological polar surface area (TPSA) is 114 Å². The number of halogens is 5. The van der Waals surface area contributed by atoms with Crippen molar-refractivity contribution in [1.29, 1.82) is 0 Å². The number of hydrogen-bond donors (Lipinski definition) is 2. The number of carbonyl (C=O) groups excluding carboxylic acids is 2. The molecule has 3 aromatic heterocycles. The van der Waals surface area contributed by atoms with E-state index in [0.717, 1.165) is 0 Å². The summed E-state index contributed by atoms with van der Waals surface area (Å²) in [6.45, 7) is -0.174. The highest BCUT2D eigenvalue weighted by molar-refractivity contribution is 5.95. The number of hydrogen-bond acceptors (Lipinski definition) is 6. The van der Waals surface area contributed by atoms with Crippen molar-refractivity contribution in [3.8, 4) is 0 Å². The van der Waals surface area contributed by atoms with E-state index in [0.29, 0.717) is 17.7 Å². The fourth-order valence-corrected chi connectivity index (χ4v) is 2.99. The summed E-state index contributed by atoms with van der Waals surface area (Å²) in [5.41, 5.74) is -1.44. The van der Waals surface area contributed by atoms with Gasteiger partial charge in [0.2, 0.25) is 11.7 Å². The maximum Gasteiger partial charge on any atom is 0.437 e. The van der Waals surface area contributed by atoms with Crippen molar-refractivity contribution >= 4 is 17.6 Å². The van der Waals surface area contributed by atoms with Gasteiger partial charge in [-0.05, 0) is 6.07 Å². The number of amides is 2. The van der Waals surface area contributed by atoms with E-state index >= 15 is 0 Å². The first-order valence-corrected chi connectivity index (χ1v) is 9.31. The molecule has 1 aliphatic rings. The van der Waals surface area contributed by atoms with Crippen LogP contribution in [-0.4, -0.2) is 37.3 Å². The van der Waals surface area contributed by atoms with Crippen molar-refractivity contribution in [2.75, 3.05) is 0 Å². The molecule has 0 radical (unpaired) electrons. The fourth-order valence-electron chi connectivity index (χ4n) is 2.99. The van der Waals surface area contributed by atoms with E-state index in [2.05, 4.69) is 30.3 Å². The SMILES string of the molecule is O=C(CC1CC1(F)F)NCc1ccn2cc(CNC(=O)c3conc3C(F)(F)F)nc2n1. The molecule has 32 heavy (non-hydrogen) atoms. The van der Waals surface area contributed by atoms with E-state index in [1.165, 1.54) is 10.6 Å². The molecular formula is C18H15F5N6O3. The Bertz CT molecular complexity index is 1170. The number of rotatable bonds is 7. The first-order chi connectivity index (χ1) is 15.0. The highest BCUT2D eigenvalue weighted by atomic mass is 19.4.